The van der Waals surface area contributed by atoms with E-state index in [-0.39, 0.29) is 0 Å². The summed E-state index contributed by atoms with van der Waals surface area (Å²) in [6.07, 6.45) is 0. The van der Waals surface area contributed by atoms with Gasteiger partial charge in [-0.15, -0.1) is 0 Å². The summed E-state index contributed by atoms with van der Waals surface area (Å²) in [4.78, 5) is 17.6. The Bertz CT molecular complexity index is 4750. The summed E-state index contributed by atoms with van der Waals surface area (Å²) in [5.74, 6) is 0.701. The van der Waals surface area contributed by atoms with E-state index in [1.54, 1.807) is 0 Å². The lowest BCUT2D eigenvalue weighted by Gasteiger charge is -2.12. The second-order valence-corrected chi connectivity index (χ2v) is 20.0. The molecule has 0 saturated carbocycles. The molecule has 4 aromatic heterocycles. The van der Waals surface area contributed by atoms with Gasteiger partial charge in [0.15, 0.2) is 17.2 Å². The van der Waals surface area contributed by atoms with Gasteiger partial charge < -0.3 is 13.7 Å². The number of aromatic nitrogens is 5. The summed E-state index contributed by atoms with van der Waals surface area (Å²) >= 11 is 0. The number of fused-ring (bicyclic) bond motifs is 9. The lowest BCUT2D eigenvalue weighted by Crippen LogP contribution is -1.96. The van der Waals surface area contributed by atoms with Gasteiger partial charge in [0.2, 0.25) is 0 Å². The fourth-order valence-electron chi connectivity index (χ4n) is 11.7. The SMILES string of the molecule is [C-]#[N+]c1ccc2c(c1)c1ccccc1n2-c1ccc2c(c1)c1cc(-n3c4ccccc4c4cc([N+]#[C-])ccc43)ccc1n2-c1ccc(-c2ccc(-c3ccc(-c4cc(-c5ccccc5)nc(-c5ccccc5)n4)cc3)cc2)cc1. The van der Waals surface area contributed by atoms with Crippen LogP contribution in [0.2, 0.25) is 0 Å². The molecule has 11 aromatic carbocycles. The molecule has 79 heavy (non-hydrogen) atoms. The van der Waals surface area contributed by atoms with Gasteiger partial charge in [0.25, 0.3) is 0 Å². The molecule has 0 aliphatic heterocycles. The van der Waals surface area contributed by atoms with Crippen molar-refractivity contribution in [3.05, 3.63) is 284 Å². The maximum atomic E-state index is 7.78. The topological polar surface area (TPSA) is 49.3 Å². The van der Waals surface area contributed by atoms with Gasteiger partial charge in [-0.05, 0) is 124 Å². The Hall–Kier alpha value is -11.1. The monoisotopic (exact) mass is 1010 g/mol. The van der Waals surface area contributed by atoms with Crippen LogP contribution in [0.15, 0.2) is 261 Å². The molecule has 0 unspecified atom stereocenters. The van der Waals surface area contributed by atoms with Crippen LogP contribution in [0.3, 0.4) is 0 Å². The minimum Gasteiger partial charge on any atom is -0.309 e. The smallest absolute Gasteiger partial charge is 0.188 e. The summed E-state index contributed by atoms with van der Waals surface area (Å²) in [5.41, 5.74) is 20.2. The molecule has 366 valence electrons. The van der Waals surface area contributed by atoms with Gasteiger partial charge in [0.05, 0.1) is 57.6 Å². The van der Waals surface area contributed by atoms with E-state index >= 15 is 0 Å². The average molecular weight is 1010 g/mol. The van der Waals surface area contributed by atoms with Gasteiger partial charge in [-0.1, -0.05) is 170 Å². The van der Waals surface area contributed by atoms with E-state index in [1.165, 1.54) is 0 Å². The van der Waals surface area contributed by atoms with Crippen LogP contribution >= 0.6 is 0 Å². The van der Waals surface area contributed by atoms with E-state index < -0.39 is 0 Å². The third-order valence-electron chi connectivity index (χ3n) is 15.5. The highest BCUT2D eigenvalue weighted by molar-refractivity contribution is 6.14. The lowest BCUT2D eigenvalue weighted by molar-refractivity contribution is 1.16. The van der Waals surface area contributed by atoms with E-state index in [4.69, 9.17) is 23.1 Å². The summed E-state index contributed by atoms with van der Waals surface area (Å²) in [7, 11) is 0. The van der Waals surface area contributed by atoms with E-state index in [0.717, 1.165) is 133 Å². The first-order valence-corrected chi connectivity index (χ1v) is 26.3. The van der Waals surface area contributed by atoms with Crippen molar-refractivity contribution in [1.29, 1.82) is 0 Å². The number of hydrogen-bond acceptors (Lipinski definition) is 2. The molecule has 0 radical (unpaired) electrons. The zero-order valence-electron chi connectivity index (χ0n) is 42.5. The highest BCUT2D eigenvalue weighted by Crippen LogP contribution is 2.41. The van der Waals surface area contributed by atoms with Crippen molar-refractivity contribution in [2.75, 3.05) is 0 Å². The van der Waals surface area contributed by atoms with Crippen molar-refractivity contribution in [3.8, 4) is 73.2 Å². The molecule has 0 N–H and O–H groups in total. The molecule has 0 spiro atoms. The fraction of sp³-hybridized carbons (Fsp3) is 0. The Labute approximate surface area is 455 Å². The number of benzene rings is 11. The van der Waals surface area contributed by atoms with E-state index in [9.17, 15) is 0 Å². The van der Waals surface area contributed by atoms with Gasteiger partial charge in [-0.25, -0.2) is 19.7 Å². The maximum absolute atomic E-state index is 7.78. The number of rotatable bonds is 8. The van der Waals surface area contributed by atoms with Crippen LogP contribution in [0.4, 0.5) is 11.4 Å². The summed E-state index contributed by atoms with van der Waals surface area (Å²) in [5, 5.41) is 6.57. The Morgan fingerprint density at radius 2 is 0.582 bits per heavy atom. The molecule has 0 atom stereocenters. The minimum atomic E-state index is 0.623. The third kappa shape index (κ3) is 7.57. The second-order valence-electron chi connectivity index (χ2n) is 20.0. The Kier molecular flexibility index (Phi) is 10.5. The maximum Gasteiger partial charge on any atom is 0.188 e. The summed E-state index contributed by atoms with van der Waals surface area (Å²) in [6, 6.07) is 91.4. The Morgan fingerprint density at radius 1 is 0.253 bits per heavy atom. The van der Waals surface area contributed by atoms with Crippen LogP contribution in [0.5, 0.6) is 0 Å². The molecule has 15 aromatic rings. The Balaban J connectivity index is 0.801. The molecular weight excluding hydrogens is 963 g/mol. The van der Waals surface area contributed by atoms with Crippen molar-refractivity contribution in [1.82, 2.24) is 23.7 Å². The van der Waals surface area contributed by atoms with Crippen LogP contribution < -0.4 is 0 Å². The predicted molar refractivity (Wildman–Crippen MR) is 325 cm³/mol. The normalized spacial score (nSPS) is 11.5. The molecule has 0 fully saturated rings. The van der Waals surface area contributed by atoms with Crippen LogP contribution in [-0.4, -0.2) is 23.7 Å². The number of para-hydroxylation sites is 2. The Morgan fingerprint density at radius 3 is 1.04 bits per heavy atom. The highest BCUT2D eigenvalue weighted by atomic mass is 15.0. The van der Waals surface area contributed by atoms with Crippen LogP contribution in [-0.2, 0) is 0 Å². The van der Waals surface area contributed by atoms with E-state index in [1.807, 2.05) is 60.7 Å². The molecule has 0 saturated heterocycles. The number of nitrogens with zero attached hydrogens (tertiary/aromatic N) is 7. The first kappa shape index (κ1) is 45.3. The largest absolute Gasteiger partial charge is 0.309 e. The highest BCUT2D eigenvalue weighted by Gasteiger charge is 2.20. The lowest BCUT2D eigenvalue weighted by atomic mass is 9.98. The van der Waals surface area contributed by atoms with Crippen LogP contribution in [0.25, 0.3) is 148 Å². The van der Waals surface area contributed by atoms with E-state index in [2.05, 4.69) is 224 Å². The first-order valence-electron chi connectivity index (χ1n) is 26.3. The van der Waals surface area contributed by atoms with Gasteiger partial charge in [-0.2, -0.15) is 0 Å². The average Bonchev–Trinajstić information content (AvgIpc) is 4.37. The van der Waals surface area contributed by atoms with Gasteiger partial charge >= 0.3 is 0 Å². The predicted octanol–water partition coefficient (Wildman–Crippen LogP) is 19.2. The van der Waals surface area contributed by atoms with Crippen molar-refractivity contribution >= 4 is 76.8 Å². The molecule has 15 rings (SSSR count). The van der Waals surface area contributed by atoms with Crippen molar-refractivity contribution in [2.24, 2.45) is 0 Å². The number of hydrogen-bond donors (Lipinski definition) is 0. The molecule has 0 aliphatic rings. The summed E-state index contributed by atoms with van der Waals surface area (Å²) in [6.45, 7) is 15.6. The van der Waals surface area contributed by atoms with Crippen molar-refractivity contribution in [2.45, 2.75) is 0 Å². The fourth-order valence-corrected chi connectivity index (χ4v) is 11.7. The first-order chi connectivity index (χ1) is 39.0. The quantitative estimate of drug-likeness (QED) is 0.142. The second kappa shape index (κ2) is 18.3. The molecule has 0 aliphatic carbocycles. The minimum absolute atomic E-state index is 0.623. The third-order valence-corrected chi connectivity index (χ3v) is 15.5. The van der Waals surface area contributed by atoms with Gasteiger partial charge in [0.1, 0.15) is 0 Å². The van der Waals surface area contributed by atoms with Gasteiger partial charge in [-0.3, -0.25) is 0 Å². The summed E-state index contributed by atoms with van der Waals surface area (Å²) < 4.78 is 7.03. The van der Waals surface area contributed by atoms with Crippen LogP contribution in [0, 0.1) is 13.1 Å². The molecule has 0 bridgehead atoms. The van der Waals surface area contributed by atoms with Crippen molar-refractivity contribution in [3.63, 3.8) is 0 Å². The zero-order chi connectivity index (χ0) is 52.6. The van der Waals surface area contributed by atoms with Gasteiger partial charge in [0, 0.05) is 55.3 Å². The molecule has 0 amide bonds. The zero-order valence-corrected chi connectivity index (χ0v) is 42.5. The molecule has 7 nitrogen and oxygen atoms in total. The van der Waals surface area contributed by atoms with E-state index in [0.29, 0.717) is 17.2 Å². The molecule has 7 heteroatoms. The molecular formula is C72H43N7. The van der Waals surface area contributed by atoms with Crippen LogP contribution in [0.1, 0.15) is 0 Å². The standard InChI is InChI=1S/C72H43N7/c1-73-53-31-37-68-60(41-53)58-17-9-11-19-66(58)78(68)56-35-39-70-62(43-56)63-44-57(79-67-20-12-10-18-59(67)61-42-54(74-2)32-38-69(61)79)36-40-71(63)77(70)55-33-29-49(30-34-55)47-23-21-46(22-24-47)48-25-27-51(28-26-48)65-45-64(50-13-5-3-6-14-50)75-72(76-65)52-15-7-4-8-16-52/h3-45H. The molecule has 4 heterocycles. The van der Waals surface area contributed by atoms with Crippen molar-refractivity contribution < 1.29 is 0 Å².